The second-order valence-corrected chi connectivity index (χ2v) is 9.16. The first-order valence-corrected chi connectivity index (χ1v) is 11.6. The van der Waals surface area contributed by atoms with Crippen molar-refractivity contribution in [3.8, 4) is 5.75 Å². The average Bonchev–Trinajstić information content (AvgIpc) is 3.34. The van der Waals surface area contributed by atoms with Crippen molar-refractivity contribution in [3.63, 3.8) is 0 Å². The molecule has 1 aliphatic heterocycles. The number of nitrogens with one attached hydrogen (secondary N) is 1. The van der Waals surface area contributed by atoms with E-state index in [1.807, 2.05) is 24.3 Å². The van der Waals surface area contributed by atoms with Crippen LogP contribution in [0, 0.1) is 5.92 Å². The molecule has 0 bridgehead atoms. The summed E-state index contributed by atoms with van der Waals surface area (Å²) in [5, 5.41) is 4.84. The lowest BCUT2D eigenvalue weighted by atomic mass is 9.76. The molecule has 0 saturated heterocycles. The van der Waals surface area contributed by atoms with Crippen LogP contribution in [0.1, 0.15) is 50.2 Å². The highest BCUT2D eigenvalue weighted by Gasteiger charge is 2.39. The van der Waals surface area contributed by atoms with E-state index in [9.17, 15) is 9.59 Å². The van der Waals surface area contributed by atoms with Crippen molar-refractivity contribution in [1.82, 2.24) is 0 Å². The Morgan fingerprint density at radius 3 is 2.59 bits per heavy atom. The van der Waals surface area contributed by atoms with Crippen LogP contribution in [0.3, 0.4) is 0 Å². The molecule has 1 N–H and O–H groups in total. The number of halogens is 2. The number of carbonyl (C=O) groups is 2. The maximum absolute atomic E-state index is 13.0. The molecule has 3 aromatic carbocycles. The normalized spacial score (nSPS) is 20.1. The predicted molar refractivity (Wildman–Crippen MR) is 132 cm³/mol. The number of rotatable bonds is 4. The molecule has 0 spiro atoms. The molecular weight excluding hydrogens is 473 g/mol. The summed E-state index contributed by atoms with van der Waals surface area (Å²) in [6, 6.07) is 17.6. The molecule has 2 aliphatic rings. The number of anilines is 1. The summed E-state index contributed by atoms with van der Waals surface area (Å²) in [6.07, 6.45) is 5.24. The Morgan fingerprint density at radius 1 is 0.971 bits per heavy atom. The van der Waals surface area contributed by atoms with Crippen LogP contribution < -0.4 is 10.1 Å². The zero-order valence-corrected chi connectivity index (χ0v) is 19.8. The number of hydrogen-bond donors (Lipinski definition) is 1. The molecule has 1 aliphatic carbocycles. The Morgan fingerprint density at radius 2 is 1.79 bits per heavy atom. The van der Waals surface area contributed by atoms with Crippen LogP contribution in [0.2, 0.25) is 10.0 Å². The molecule has 0 aromatic heterocycles. The molecule has 172 valence electrons. The summed E-state index contributed by atoms with van der Waals surface area (Å²) in [6.45, 7) is 0. The van der Waals surface area contributed by atoms with Crippen LogP contribution in [-0.2, 0) is 4.74 Å². The third-order valence-corrected chi connectivity index (χ3v) is 6.95. The van der Waals surface area contributed by atoms with Gasteiger partial charge in [0.25, 0.3) is 0 Å². The molecule has 0 saturated carbocycles. The van der Waals surface area contributed by atoms with Crippen LogP contribution in [0.25, 0.3) is 0 Å². The fourth-order valence-corrected chi connectivity index (χ4v) is 5.30. The highest BCUT2D eigenvalue weighted by molar-refractivity contribution is 6.35. The van der Waals surface area contributed by atoms with Crippen LogP contribution in [0.15, 0.2) is 72.8 Å². The summed E-state index contributed by atoms with van der Waals surface area (Å²) < 4.78 is 10.4. The summed E-state index contributed by atoms with van der Waals surface area (Å²) in [4.78, 5) is 25.0. The molecule has 0 fully saturated rings. The summed E-state index contributed by atoms with van der Waals surface area (Å²) in [5.74, 6) is -0.573. The fourth-order valence-electron chi connectivity index (χ4n) is 4.78. The first-order valence-electron chi connectivity index (χ1n) is 10.9. The third kappa shape index (κ3) is 4.06. The Kier molecular flexibility index (Phi) is 6.07. The molecule has 5 rings (SSSR count). The van der Waals surface area contributed by atoms with Crippen molar-refractivity contribution in [2.45, 2.75) is 18.4 Å². The van der Waals surface area contributed by atoms with Crippen LogP contribution >= 0.6 is 23.2 Å². The van der Waals surface area contributed by atoms with E-state index in [1.165, 1.54) is 7.11 Å². The van der Waals surface area contributed by atoms with Gasteiger partial charge in [-0.1, -0.05) is 53.6 Å². The fraction of sp³-hybridized carbons (Fsp3) is 0.185. The smallest absolute Gasteiger partial charge is 0.343 e. The van der Waals surface area contributed by atoms with Gasteiger partial charge in [0.05, 0.1) is 18.7 Å². The number of methoxy groups -OCH3 is 1. The van der Waals surface area contributed by atoms with Crippen molar-refractivity contribution < 1.29 is 19.1 Å². The van der Waals surface area contributed by atoms with Gasteiger partial charge in [-0.25, -0.2) is 9.59 Å². The van der Waals surface area contributed by atoms with Crippen molar-refractivity contribution in [2.24, 2.45) is 5.92 Å². The second-order valence-electron chi connectivity index (χ2n) is 8.32. The standard InChI is InChI=1S/C27H21Cl2NO4/c1-33-27(32)20-5-2-3-8-24(20)34-26(31)15-9-12-23-21(13-15)17-6-4-7-18(17)25(30-23)19-11-10-16(28)14-22(19)29/h2-6,8-14,17-18,25,30H,7H2,1H3/t17-,18+,25+/m1/s1. The van der Waals surface area contributed by atoms with E-state index in [2.05, 4.69) is 17.5 Å². The number of ether oxygens (including phenoxy) is 2. The molecule has 5 nitrogen and oxygen atoms in total. The van der Waals surface area contributed by atoms with Crippen molar-refractivity contribution in [3.05, 3.63) is 105 Å². The van der Waals surface area contributed by atoms with Crippen molar-refractivity contribution >= 4 is 40.8 Å². The molecule has 0 radical (unpaired) electrons. The third-order valence-electron chi connectivity index (χ3n) is 6.39. The summed E-state index contributed by atoms with van der Waals surface area (Å²) >= 11 is 12.6. The quantitative estimate of drug-likeness (QED) is 0.245. The number of carbonyl (C=O) groups excluding carboxylic acids is 2. The van der Waals surface area contributed by atoms with Gasteiger partial charge in [0.15, 0.2) is 0 Å². The van der Waals surface area contributed by atoms with Crippen LogP contribution in [-0.4, -0.2) is 19.0 Å². The maximum Gasteiger partial charge on any atom is 0.343 e. The van der Waals surface area contributed by atoms with E-state index in [1.54, 1.807) is 36.4 Å². The van der Waals surface area contributed by atoms with Gasteiger partial charge in [-0.2, -0.15) is 0 Å². The van der Waals surface area contributed by atoms with E-state index in [4.69, 9.17) is 32.7 Å². The lowest BCUT2D eigenvalue weighted by Crippen LogP contribution is -2.29. The van der Waals surface area contributed by atoms with E-state index in [0.717, 1.165) is 23.2 Å². The van der Waals surface area contributed by atoms with E-state index < -0.39 is 11.9 Å². The molecule has 1 heterocycles. The number of fused-ring (bicyclic) bond motifs is 3. The SMILES string of the molecule is COC(=O)c1ccccc1OC(=O)c1ccc2c(c1)[C@@H]1C=CC[C@@H]1[C@@H](c1ccc(Cl)cc1Cl)N2. The predicted octanol–water partition coefficient (Wildman–Crippen LogP) is 6.83. The Hall–Kier alpha value is -3.28. The average molecular weight is 494 g/mol. The minimum absolute atomic E-state index is 0.0157. The zero-order chi connectivity index (χ0) is 23.8. The van der Waals surface area contributed by atoms with Gasteiger partial charge < -0.3 is 14.8 Å². The Balaban J connectivity index is 1.45. The molecule has 0 amide bonds. The second kappa shape index (κ2) is 9.16. The Bertz CT molecular complexity index is 1320. The Labute approximate surface area is 207 Å². The highest BCUT2D eigenvalue weighted by atomic mass is 35.5. The molecule has 3 atom stereocenters. The number of benzene rings is 3. The lowest BCUT2D eigenvalue weighted by Gasteiger charge is -2.38. The van der Waals surface area contributed by atoms with Gasteiger partial charge >= 0.3 is 11.9 Å². The summed E-state index contributed by atoms with van der Waals surface area (Å²) in [7, 11) is 1.29. The van der Waals surface area contributed by atoms with Gasteiger partial charge in [-0.3, -0.25) is 0 Å². The first kappa shape index (κ1) is 22.5. The maximum atomic E-state index is 13.0. The summed E-state index contributed by atoms with van der Waals surface area (Å²) in [5.41, 5.74) is 3.56. The largest absolute Gasteiger partial charge is 0.465 e. The van der Waals surface area contributed by atoms with Gasteiger partial charge in [0, 0.05) is 21.7 Å². The van der Waals surface area contributed by atoms with Crippen LogP contribution in [0.4, 0.5) is 5.69 Å². The molecular formula is C27H21Cl2NO4. The number of allylic oxidation sites excluding steroid dienone is 2. The van der Waals surface area contributed by atoms with Crippen molar-refractivity contribution in [2.75, 3.05) is 12.4 Å². The van der Waals surface area contributed by atoms with E-state index >= 15 is 0 Å². The molecule has 0 unspecified atom stereocenters. The van der Waals surface area contributed by atoms with Gasteiger partial charge in [-0.15, -0.1) is 0 Å². The zero-order valence-electron chi connectivity index (χ0n) is 18.3. The van der Waals surface area contributed by atoms with Gasteiger partial charge in [0.1, 0.15) is 11.3 Å². The molecule has 34 heavy (non-hydrogen) atoms. The number of para-hydroxylation sites is 1. The van der Waals surface area contributed by atoms with E-state index in [0.29, 0.717) is 15.6 Å². The minimum atomic E-state index is -0.566. The number of esters is 2. The molecule has 3 aromatic rings. The van der Waals surface area contributed by atoms with Gasteiger partial charge in [0.2, 0.25) is 0 Å². The molecule has 7 heteroatoms. The van der Waals surface area contributed by atoms with Gasteiger partial charge in [-0.05, 0) is 65.9 Å². The van der Waals surface area contributed by atoms with Crippen molar-refractivity contribution in [1.29, 1.82) is 0 Å². The first-order chi connectivity index (χ1) is 16.5. The topological polar surface area (TPSA) is 64.6 Å². The monoisotopic (exact) mass is 493 g/mol. The lowest BCUT2D eigenvalue weighted by molar-refractivity contribution is 0.0593. The van der Waals surface area contributed by atoms with E-state index in [-0.39, 0.29) is 29.2 Å². The number of hydrogen-bond acceptors (Lipinski definition) is 5. The van der Waals surface area contributed by atoms with Crippen LogP contribution in [0.5, 0.6) is 5.75 Å². The minimum Gasteiger partial charge on any atom is -0.465 e. The highest BCUT2D eigenvalue weighted by Crippen LogP contribution is 2.51.